The van der Waals surface area contributed by atoms with Gasteiger partial charge in [-0.3, -0.25) is 4.90 Å². The highest BCUT2D eigenvalue weighted by atomic mass is 16.5. The predicted molar refractivity (Wildman–Crippen MR) is 68.8 cm³/mol. The predicted octanol–water partition coefficient (Wildman–Crippen LogP) is 2.09. The molecule has 1 aromatic rings. The van der Waals surface area contributed by atoms with E-state index in [2.05, 4.69) is 0 Å². The minimum atomic E-state index is -0.967. The summed E-state index contributed by atoms with van der Waals surface area (Å²) in [4.78, 5) is 13.8. The molecule has 1 N–H and O–H groups in total. The molecule has 1 atom stereocenters. The highest BCUT2D eigenvalue weighted by Gasteiger charge is 2.42. The average molecular weight is 249 g/mol. The molecule has 0 amide bonds. The smallest absolute Gasteiger partial charge is 0.328 e. The van der Waals surface area contributed by atoms with Gasteiger partial charge in [0.15, 0.2) is 0 Å². The summed E-state index contributed by atoms with van der Waals surface area (Å²) in [6, 6.07) is 7.34. The summed E-state index contributed by atoms with van der Waals surface area (Å²) in [5.41, 5.74) is -0.193. The highest BCUT2D eigenvalue weighted by molar-refractivity contribution is 5.80. The number of nitrogens with zero attached hydrogens (tertiary/aromatic N) is 1. The number of ether oxygens (including phenoxy) is 1. The number of carbonyl (C=O) groups is 1. The van der Waals surface area contributed by atoms with Gasteiger partial charge in [-0.25, -0.2) is 4.79 Å². The molecule has 1 heterocycles. The third-order valence-corrected chi connectivity index (χ3v) is 3.79. The fourth-order valence-corrected chi connectivity index (χ4v) is 2.53. The maximum atomic E-state index is 11.7. The number of hydrogen-bond donors (Lipinski definition) is 1. The molecule has 0 spiro atoms. The number of rotatable bonds is 4. The zero-order chi connectivity index (χ0) is 13.2. The molecule has 0 saturated carbocycles. The van der Waals surface area contributed by atoms with E-state index in [1.54, 1.807) is 14.0 Å². The number of benzene rings is 1. The highest BCUT2D eigenvalue weighted by Crippen LogP contribution is 2.33. The average Bonchev–Trinajstić information content (AvgIpc) is 2.91. The van der Waals surface area contributed by atoms with Crippen LogP contribution >= 0.6 is 0 Å². The standard InChI is InChI=1S/C14H19NO3/c1-14(13(16)17,15-8-3-4-9-15)11-6-5-7-12(10-11)18-2/h5-7,10H,3-4,8-9H2,1-2H3,(H,16,17). The molecule has 1 unspecified atom stereocenters. The molecule has 1 aromatic carbocycles. The second-order valence-electron chi connectivity index (χ2n) is 4.80. The zero-order valence-electron chi connectivity index (χ0n) is 10.8. The molecule has 1 aliphatic rings. The molecule has 0 aromatic heterocycles. The van der Waals surface area contributed by atoms with Gasteiger partial charge in [-0.05, 0) is 50.6 Å². The summed E-state index contributed by atoms with van der Waals surface area (Å²) >= 11 is 0. The van der Waals surface area contributed by atoms with Crippen molar-refractivity contribution in [2.45, 2.75) is 25.3 Å². The Morgan fingerprint density at radius 3 is 2.61 bits per heavy atom. The SMILES string of the molecule is COc1cccc(C(C)(C(=O)O)N2CCCC2)c1. The topological polar surface area (TPSA) is 49.8 Å². The van der Waals surface area contributed by atoms with Crippen molar-refractivity contribution in [3.63, 3.8) is 0 Å². The van der Waals surface area contributed by atoms with E-state index in [0.717, 1.165) is 31.5 Å². The van der Waals surface area contributed by atoms with Gasteiger partial charge in [0.05, 0.1) is 7.11 Å². The lowest BCUT2D eigenvalue weighted by atomic mass is 9.90. The van der Waals surface area contributed by atoms with Crippen molar-refractivity contribution in [1.29, 1.82) is 0 Å². The fourth-order valence-electron chi connectivity index (χ4n) is 2.53. The largest absolute Gasteiger partial charge is 0.497 e. The van der Waals surface area contributed by atoms with Crippen molar-refractivity contribution in [2.24, 2.45) is 0 Å². The van der Waals surface area contributed by atoms with E-state index in [-0.39, 0.29) is 0 Å². The van der Waals surface area contributed by atoms with E-state index in [0.29, 0.717) is 5.75 Å². The van der Waals surface area contributed by atoms with E-state index in [9.17, 15) is 9.90 Å². The molecule has 1 aliphatic heterocycles. The second kappa shape index (κ2) is 4.98. The van der Waals surface area contributed by atoms with Gasteiger partial charge in [-0.2, -0.15) is 0 Å². The van der Waals surface area contributed by atoms with Crippen LogP contribution < -0.4 is 4.74 Å². The molecule has 2 rings (SSSR count). The van der Waals surface area contributed by atoms with Crippen molar-refractivity contribution >= 4 is 5.97 Å². The first-order chi connectivity index (χ1) is 8.59. The van der Waals surface area contributed by atoms with Crippen LogP contribution in [0.1, 0.15) is 25.3 Å². The van der Waals surface area contributed by atoms with E-state index >= 15 is 0 Å². The molecule has 0 radical (unpaired) electrons. The molecule has 98 valence electrons. The van der Waals surface area contributed by atoms with Gasteiger partial charge in [0.2, 0.25) is 0 Å². The molecule has 1 fully saturated rings. The Bertz CT molecular complexity index is 440. The van der Waals surface area contributed by atoms with Crippen molar-refractivity contribution in [1.82, 2.24) is 4.90 Å². The Balaban J connectivity index is 2.42. The van der Waals surface area contributed by atoms with Crippen LogP contribution in [0.5, 0.6) is 5.75 Å². The van der Waals surface area contributed by atoms with Gasteiger partial charge >= 0.3 is 5.97 Å². The van der Waals surface area contributed by atoms with Crippen LogP contribution in [0.25, 0.3) is 0 Å². The maximum Gasteiger partial charge on any atom is 0.328 e. The number of aliphatic carboxylic acids is 1. The van der Waals surface area contributed by atoms with Crippen LogP contribution in [0.4, 0.5) is 0 Å². The van der Waals surface area contributed by atoms with Gasteiger partial charge in [0.1, 0.15) is 11.3 Å². The van der Waals surface area contributed by atoms with Crippen molar-refractivity contribution in [2.75, 3.05) is 20.2 Å². The van der Waals surface area contributed by atoms with Crippen LogP contribution in [0.2, 0.25) is 0 Å². The lowest BCUT2D eigenvalue weighted by molar-refractivity contribution is -0.150. The molecule has 0 aliphatic carbocycles. The van der Waals surface area contributed by atoms with Crippen molar-refractivity contribution < 1.29 is 14.6 Å². The Morgan fingerprint density at radius 2 is 2.06 bits per heavy atom. The van der Waals surface area contributed by atoms with E-state index in [1.807, 2.05) is 29.2 Å². The van der Waals surface area contributed by atoms with Gasteiger partial charge in [0, 0.05) is 0 Å². The molecular formula is C14H19NO3. The fraction of sp³-hybridized carbons (Fsp3) is 0.500. The quantitative estimate of drug-likeness (QED) is 0.887. The first kappa shape index (κ1) is 12.9. The summed E-state index contributed by atoms with van der Waals surface area (Å²) < 4.78 is 5.18. The van der Waals surface area contributed by atoms with Gasteiger partial charge in [-0.15, -0.1) is 0 Å². The molecule has 4 heteroatoms. The zero-order valence-corrected chi connectivity index (χ0v) is 10.8. The number of methoxy groups -OCH3 is 1. The molecule has 18 heavy (non-hydrogen) atoms. The summed E-state index contributed by atoms with van der Waals surface area (Å²) in [6.07, 6.45) is 2.12. The van der Waals surface area contributed by atoms with Crippen LogP contribution in [0, 0.1) is 0 Å². The van der Waals surface area contributed by atoms with Crippen LogP contribution in [0.3, 0.4) is 0 Å². The summed E-state index contributed by atoms with van der Waals surface area (Å²) in [7, 11) is 1.59. The van der Waals surface area contributed by atoms with Crippen molar-refractivity contribution in [3.8, 4) is 5.75 Å². The van der Waals surface area contributed by atoms with Crippen LogP contribution in [-0.2, 0) is 10.3 Å². The normalized spacial score (nSPS) is 19.4. The molecule has 4 nitrogen and oxygen atoms in total. The number of likely N-dealkylation sites (tertiary alicyclic amines) is 1. The Morgan fingerprint density at radius 1 is 1.39 bits per heavy atom. The Hall–Kier alpha value is -1.55. The first-order valence-corrected chi connectivity index (χ1v) is 6.22. The Kier molecular flexibility index (Phi) is 3.57. The van der Waals surface area contributed by atoms with Gasteiger partial charge < -0.3 is 9.84 Å². The van der Waals surface area contributed by atoms with E-state index in [4.69, 9.17) is 4.74 Å². The first-order valence-electron chi connectivity index (χ1n) is 6.22. The molecule has 0 bridgehead atoms. The lowest BCUT2D eigenvalue weighted by Crippen LogP contribution is -2.48. The summed E-state index contributed by atoms with van der Waals surface area (Å²) in [5, 5.41) is 9.63. The van der Waals surface area contributed by atoms with E-state index in [1.165, 1.54) is 0 Å². The minimum absolute atomic E-state index is 0.694. The summed E-state index contributed by atoms with van der Waals surface area (Å²) in [5.74, 6) is -0.114. The third-order valence-electron chi connectivity index (χ3n) is 3.79. The van der Waals surface area contributed by atoms with E-state index < -0.39 is 11.5 Å². The molecular weight excluding hydrogens is 230 g/mol. The number of carboxylic acid groups (broad SMARTS) is 1. The summed E-state index contributed by atoms with van der Waals surface area (Å²) in [6.45, 7) is 3.44. The third kappa shape index (κ3) is 2.08. The maximum absolute atomic E-state index is 11.7. The monoisotopic (exact) mass is 249 g/mol. The number of carboxylic acids is 1. The van der Waals surface area contributed by atoms with Gasteiger partial charge in [0.25, 0.3) is 0 Å². The van der Waals surface area contributed by atoms with Crippen LogP contribution in [0.15, 0.2) is 24.3 Å². The Labute approximate surface area is 107 Å². The molecule has 1 saturated heterocycles. The lowest BCUT2D eigenvalue weighted by Gasteiger charge is -2.35. The van der Waals surface area contributed by atoms with Crippen LogP contribution in [-0.4, -0.2) is 36.2 Å². The van der Waals surface area contributed by atoms with Gasteiger partial charge in [-0.1, -0.05) is 12.1 Å². The minimum Gasteiger partial charge on any atom is -0.497 e. The second-order valence-corrected chi connectivity index (χ2v) is 4.80. The van der Waals surface area contributed by atoms with Crippen molar-refractivity contribution in [3.05, 3.63) is 29.8 Å². The number of hydrogen-bond acceptors (Lipinski definition) is 3.